The van der Waals surface area contributed by atoms with E-state index < -0.39 is 0 Å². The molecule has 0 aliphatic rings. The molecule has 168 valence electrons. The molecule has 4 aromatic rings. The first-order chi connectivity index (χ1) is 15.5. The first-order valence-electron chi connectivity index (χ1n) is 11.2. The second-order valence-electron chi connectivity index (χ2n) is 8.27. The van der Waals surface area contributed by atoms with E-state index in [0.717, 1.165) is 58.5 Å². The Bertz CT molecular complexity index is 1280. The molecule has 0 N–H and O–H groups in total. The Morgan fingerprint density at radius 2 is 1.94 bits per heavy atom. The first-order valence-corrected chi connectivity index (χ1v) is 12.2. The van der Waals surface area contributed by atoms with Crippen LogP contribution in [-0.2, 0) is 12.3 Å². The van der Waals surface area contributed by atoms with Crippen LogP contribution in [0.15, 0.2) is 56.8 Å². The molecule has 0 amide bonds. The van der Waals surface area contributed by atoms with E-state index in [2.05, 4.69) is 59.7 Å². The fourth-order valence-electron chi connectivity index (χ4n) is 4.23. The molecular weight excluding hydrogens is 420 g/mol. The SMILES string of the molecule is CCCCn1c(SCc2cc(=O)oc3ccc4ccccc4c23)nnc1C(CC)N(C)C. The van der Waals surface area contributed by atoms with Gasteiger partial charge in [-0.05, 0) is 49.3 Å². The van der Waals surface area contributed by atoms with Crippen molar-refractivity contribution < 1.29 is 4.42 Å². The third-order valence-corrected chi connectivity index (χ3v) is 6.88. The minimum atomic E-state index is -0.324. The molecule has 7 heteroatoms. The van der Waals surface area contributed by atoms with E-state index in [9.17, 15) is 4.79 Å². The molecule has 2 heterocycles. The highest BCUT2D eigenvalue weighted by Gasteiger charge is 2.22. The van der Waals surface area contributed by atoms with Gasteiger partial charge in [0.1, 0.15) is 5.58 Å². The highest BCUT2D eigenvalue weighted by atomic mass is 32.2. The Hall–Kier alpha value is -2.64. The van der Waals surface area contributed by atoms with Crippen molar-refractivity contribution >= 4 is 33.5 Å². The van der Waals surface area contributed by atoms with E-state index >= 15 is 0 Å². The van der Waals surface area contributed by atoms with Gasteiger partial charge in [0.05, 0.1) is 6.04 Å². The van der Waals surface area contributed by atoms with Crippen molar-refractivity contribution in [1.82, 2.24) is 19.7 Å². The summed E-state index contributed by atoms with van der Waals surface area (Å²) in [6, 6.07) is 13.9. The summed E-state index contributed by atoms with van der Waals surface area (Å²) in [5.74, 6) is 1.63. The van der Waals surface area contributed by atoms with Crippen molar-refractivity contribution in [3.05, 3.63) is 64.3 Å². The van der Waals surface area contributed by atoms with Crippen LogP contribution in [-0.4, -0.2) is 33.8 Å². The van der Waals surface area contributed by atoms with Crippen molar-refractivity contribution in [3.8, 4) is 0 Å². The fraction of sp³-hybridized carbons (Fsp3) is 0.400. The highest BCUT2D eigenvalue weighted by molar-refractivity contribution is 7.98. The number of unbranched alkanes of at least 4 members (excludes halogenated alkanes) is 1. The van der Waals surface area contributed by atoms with Crippen molar-refractivity contribution in [2.24, 2.45) is 0 Å². The molecule has 1 unspecified atom stereocenters. The van der Waals surface area contributed by atoms with Crippen LogP contribution in [0.25, 0.3) is 21.7 Å². The molecule has 2 aromatic carbocycles. The number of hydrogen-bond donors (Lipinski definition) is 0. The number of hydrogen-bond acceptors (Lipinski definition) is 6. The van der Waals surface area contributed by atoms with Crippen molar-refractivity contribution in [3.63, 3.8) is 0 Å². The van der Waals surface area contributed by atoms with Gasteiger partial charge in [0.2, 0.25) is 0 Å². The molecule has 0 saturated carbocycles. The summed E-state index contributed by atoms with van der Waals surface area (Å²) >= 11 is 1.63. The van der Waals surface area contributed by atoms with Gasteiger partial charge >= 0.3 is 5.63 Å². The van der Waals surface area contributed by atoms with Gasteiger partial charge in [0, 0.05) is 23.8 Å². The number of nitrogens with zero attached hydrogens (tertiary/aromatic N) is 4. The molecular formula is C25H30N4O2S. The second kappa shape index (κ2) is 9.88. The lowest BCUT2D eigenvalue weighted by molar-refractivity contribution is 0.270. The molecule has 0 fully saturated rings. The zero-order valence-electron chi connectivity index (χ0n) is 19.2. The number of fused-ring (bicyclic) bond motifs is 3. The topological polar surface area (TPSA) is 64.2 Å². The van der Waals surface area contributed by atoms with Crippen LogP contribution in [0.3, 0.4) is 0 Å². The van der Waals surface area contributed by atoms with Gasteiger partial charge in [-0.3, -0.25) is 4.90 Å². The molecule has 4 rings (SSSR count). The van der Waals surface area contributed by atoms with Gasteiger partial charge in [-0.15, -0.1) is 10.2 Å². The van der Waals surface area contributed by atoms with Gasteiger partial charge in [0.25, 0.3) is 0 Å². The predicted octanol–water partition coefficient (Wildman–Crippen LogP) is 5.64. The molecule has 32 heavy (non-hydrogen) atoms. The zero-order chi connectivity index (χ0) is 22.7. The van der Waals surface area contributed by atoms with Crippen LogP contribution in [0.2, 0.25) is 0 Å². The molecule has 0 radical (unpaired) electrons. The number of thioether (sulfide) groups is 1. The van der Waals surface area contributed by atoms with Gasteiger partial charge in [-0.1, -0.05) is 62.4 Å². The minimum Gasteiger partial charge on any atom is -0.423 e. The lowest BCUT2D eigenvalue weighted by atomic mass is 10.0. The van der Waals surface area contributed by atoms with Crippen LogP contribution in [0.5, 0.6) is 0 Å². The largest absolute Gasteiger partial charge is 0.423 e. The van der Waals surface area contributed by atoms with Crippen LogP contribution in [0.4, 0.5) is 0 Å². The van der Waals surface area contributed by atoms with Crippen molar-refractivity contribution in [1.29, 1.82) is 0 Å². The molecule has 0 aliphatic heterocycles. The normalized spacial score (nSPS) is 12.8. The molecule has 1 atom stereocenters. The van der Waals surface area contributed by atoms with E-state index in [0.29, 0.717) is 11.3 Å². The number of rotatable bonds is 9. The third-order valence-electron chi connectivity index (χ3n) is 5.86. The Morgan fingerprint density at radius 3 is 2.69 bits per heavy atom. The molecule has 2 aromatic heterocycles. The summed E-state index contributed by atoms with van der Waals surface area (Å²) in [6.07, 6.45) is 3.15. The maximum absolute atomic E-state index is 12.3. The van der Waals surface area contributed by atoms with Crippen LogP contribution in [0, 0.1) is 0 Å². The van der Waals surface area contributed by atoms with E-state index in [1.165, 1.54) is 0 Å². The predicted molar refractivity (Wildman–Crippen MR) is 131 cm³/mol. The lowest BCUT2D eigenvalue weighted by Crippen LogP contribution is -2.23. The Kier molecular flexibility index (Phi) is 6.96. The number of benzene rings is 2. The summed E-state index contributed by atoms with van der Waals surface area (Å²) in [5, 5.41) is 13.2. The summed E-state index contributed by atoms with van der Waals surface area (Å²) in [7, 11) is 4.17. The maximum Gasteiger partial charge on any atom is 0.336 e. The van der Waals surface area contributed by atoms with Crippen LogP contribution >= 0.6 is 11.8 Å². The van der Waals surface area contributed by atoms with E-state index in [1.807, 2.05) is 24.3 Å². The lowest BCUT2D eigenvalue weighted by Gasteiger charge is -2.23. The Morgan fingerprint density at radius 1 is 1.12 bits per heavy atom. The Balaban J connectivity index is 1.73. The molecule has 0 aliphatic carbocycles. The summed E-state index contributed by atoms with van der Waals surface area (Å²) in [5.41, 5.74) is 1.26. The van der Waals surface area contributed by atoms with Gasteiger partial charge in [-0.25, -0.2) is 4.79 Å². The average Bonchev–Trinajstić information content (AvgIpc) is 3.18. The summed E-state index contributed by atoms with van der Waals surface area (Å²) in [4.78, 5) is 14.4. The smallest absolute Gasteiger partial charge is 0.336 e. The third kappa shape index (κ3) is 4.45. The van der Waals surface area contributed by atoms with E-state index in [4.69, 9.17) is 4.42 Å². The van der Waals surface area contributed by atoms with Gasteiger partial charge in [0.15, 0.2) is 11.0 Å². The van der Waals surface area contributed by atoms with E-state index in [-0.39, 0.29) is 11.7 Å². The first kappa shape index (κ1) is 22.6. The summed E-state index contributed by atoms with van der Waals surface area (Å²) < 4.78 is 7.77. The molecule has 0 saturated heterocycles. The molecule has 0 spiro atoms. The number of aromatic nitrogens is 3. The molecule has 0 bridgehead atoms. The minimum absolute atomic E-state index is 0.224. The monoisotopic (exact) mass is 450 g/mol. The average molecular weight is 451 g/mol. The zero-order valence-corrected chi connectivity index (χ0v) is 20.0. The van der Waals surface area contributed by atoms with E-state index in [1.54, 1.807) is 17.8 Å². The van der Waals surface area contributed by atoms with Gasteiger partial charge < -0.3 is 8.98 Å². The van der Waals surface area contributed by atoms with Crippen LogP contribution < -0.4 is 5.63 Å². The highest BCUT2D eigenvalue weighted by Crippen LogP contribution is 2.32. The van der Waals surface area contributed by atoms with Gasteiger partial charge in [-0.2, -0.15) is 0 Å². The second-order valence-corrected chi connectivity index (χ2v) is 9.22. The quantitative estimate of drug-likeness (QED) is 0.187. The van der Waals surface area contributed by atoms with Crippen LogP contribution in [0.1, 0.15) is 50.5 Å². The maximum atomic E-state index is 12.3. The van der Waals surface area contributed by atoms with Crippen molar-refractivity contribution in [2.45, 2.75) is 56.6 Å². The standard InChI is InChI=1S/C25H30N4O2S/c1-5-7-14-29-24(20(6-2)28(3)4)26-27-25(29)32-16-18-15-22(30)31-21-13-12-17-10-8-9-11-19(17)23(18)21/h8-13,15,20H,5-7,14,16H2,1-4H3. The Labute approximate surface area is 192 Å². The summed E-state index contributed by atoms with van der Waals surface area (Å²) in [6.45, 7) is 5.27. The fourth-order valence-corrected chi connectivity index (χ4v) is 5.19. The molecule has 6 nitrogen and oxygen atoms in total. The van der Waals surface area contributed by atoms with Crippen molar-refractivity contribution in [2.75, 3.05) is 14.1 Å².